The fraction of sp³-hybridized carbons (Fsp3) is 0.308. The van der Waals surface area contributed by atoms with Crippen molar-refractivity contribution in [3.63, 3.8) is 0 Å². The van der Waals surface area contributed by atoms with Crippen LogP contribution in [0.4, 0.5) is 0 Å². The van der Waals surface area contributed by atoms with Crippen LogP contribution in [0.15, 0.2) is 30.3 Å². The van der Waals surface area contributed by atoms with E-state index in [1.807, 2.05) is 13.8 Å². The highest BCUT2D eigenvalue weighted by atomic mass is 16.5. The molecule has 0 saturated carbocycles. The zero-order valence-corrected chi connectivity index (χ0v) is 9.51. The molecule has 0 heterocycles. The van der Waals surface area contributed by atoms with Crippen LogP contribution in [0.2, 0.25) is 0 Å². The number of phenols is 1. The lowest BCUT2D eigenvalue weighted by atomic mass is 10.2. The summed E-state index contributed by atoms with van der Waals surface area (Å²) in [4.78, 5) is 11.2. The molecule has 86 valence electrons. The number of rotatable bonds is 4. The van der Waals surface area contributed by atoms with Gasteiger partial charge in [0.2, 0.25) is 0 Å². The monoisotopic (exact) mass is 220 g/mol. The average Bonchev–Trinajstić information content (AvgIpc) is 2.25. The molecule has 1 aromatic rings. The second-order valence-electron chi connectivity index (χ2n) is 3.95. The standard InChI is InChI=1S/C13H16O3/c1-10(2)9-16-13(15)8-5-11-3-6-12(14)7-4-11/h3-8,10,14H,9H2,1-2H3/b8-5+. The maximum absolute atomic E-state index is 11.2. The largest absolute Gasteiger partial charge is 0.508 e. The number of hydrogen-bond donors (Lipinski definition) is 1. The summed E-state index contributed by atoms with van der Waals surface area (Å²) in [7, 11) is 0. The van der Waals surface area contributed by atoms with E-state index in [1.165, 1.54) is 6.08 Å². The molecule has 1 N–H and O–H groups in total. The predicted molar refractivity (Wildman–Crippen MR) is 62.9 cm³/mol. The number of aromatic hydroxyl groups is 1. The Morgan fingerprint density at radius 1 is 1.38 bits per heavy atom. The average molecular weight is 220 g/mol. The van der Waals surface area contributed by atoms with E-state index in [0.29, 0.717) is 12.5 Å². The van der Waals surface area contributed by atoms with E-state index >= 15 is 0 Å². The molecule has 0 fully saturated rings. The van der Waals surface area contributed by atoms with Gasteiger partial charge in [-0.05, 0) is 29.7 Å². The Morgan fingerprint density at radius 2 is 2.00 bits per heavy atom. The molecular weight excluding hydrogens is 204 g/mol. The lowest BCUT2D eigenvalue weighted by Gasteiger charge is -2.03. The molecule has 3 nitrogen and oxygen atoms in total. The van der Waals surface area contributed by atoms with Gasteiger partial charge in [0, 0.05) is 6.08 Å². The van der Waals surface area contributed by atoms with Crippen molar-refractivity contribution in [3.8, 4) is 5.75 Å². The summed E-state index contributed by atoms with van der Waals surface area (Å²) in [5, 5.41) is 9.06. The number of carbonyl (C=O) groups is 1. The topological polar surface area (TPSA) is 46.5 Å². The Bertz CT molecular complexity index is 363. The Kier molecular flexibility index (Phi) is 4.58. The molecule has 0 saturated heterocycles. The first kappa shape index (κ1) is 12.3. The lowest BCUT2D eigenvalue weighted by molar-refractivity contribution is -0.138. The first-order valence-electron chi connectivity index (χ1n) is 5.22. The van der Waals surface area contributed by atoms with Gasteiger partial charge in [-0.15, -0.1) is 0 Å². The van der Waals surface area contributed by atoms with Crippen LogP contribution in [0, 0.1) is 5.92 Å². The third-order valence-corrected chi connectivity index (χ3v) is 1.86. The van der Waals surface area contributed by atoms with Crippen LogP contribution >= 0.6 is 0 Å². The Balaban J connectivity index is 2.47. The Morgan fingerprint density at radius 3 is 2.56 bits per heavy atom. The molecular formula is C13H16O3. The minimum absolute atomic E-state index is 0.208. The molecule has 0 aromatic heterocycles. The highest BCUT2D eigenvalue weighted by molar-refractivity contribution is 5.87. The summed E-state index contributed by atoms with van der Waals surface area (Å²) in [6.45, 7) is 4.40. The van der Waals surface area contributed by atoms with Gasteiger partial charge in [0.15, 0.2) is 0 Å². The molecule has 0 unspecified atom stereocenters. The number of hydrogen-bond acceptors (Lipinski definition) is 3. The summed E-state index contributed by atoms with van der Waals surface area (Å²) in [5.41, 5.74) is 0.847. The summed E-state index contributed by atoms with van der Waals surface area (Å²) in [5.74, 6) is 0.201. The van der Waals surface area contributed by atoms with Gasteiger partial charge in [-0.1, -0.05) is 26.0 Å². The van der Waals surface area contributed by atoms with E-state index in [2.05, 4.69) is 0 Å². The van der Waals surface area contributed by atoms with Gasteiger partial charge in [0.25, 0.3) is 0 Å². The second-order valence-corrected chi connectivity index (χ2v) is 3.95. The van der Waals surface area contributed by atoms with Gasteiger partial charge >= 0.3 is 5.97 Å². The zero-order chi connectivity index (χ0) is 12.0. The van der Waals surface area contributed by atoms with E-state index in [9.17, 15) is 4.79 Å². The van der Waals surface area contributed by atoms with Crippen LogP contribution in [0.3, 0.4) is 0 Å². The van der Waals surface area contributed by atoms with Crippen molar-refractivity contribution in [2.45, 2.75) is 13.8 Å². The van der Waals surface area contributed by atoms with Crippen LogP contribution in [-0.4, -0.2) is 17.7 Å². The van der Waals surface area contributed by atoms with Gasteiger partial charge in [0.1, 0.15) is 5.75 Å². The number of esters is 1. The first-order chi connectivity index (χ1) is 7.58. The van der Waals surface area contributed by atoms with Gasteiger partial charge in [-0.3, -0.25) is 0 Å². The van der Waals surface area contributed by atoms with Crippen molar-refractivity contribution < 1.29 is 14.6 Å². The molecule has 0 aliphatic heterocycles. The summed E-state index contributed by atoms with van der Waals surface area (Å²) >= 11 is 0. The maximum atomic E-state index is 11.2. The van der Waals surface area contributed by atoms with Crippen LogP contribution in [-0.2, 0) is 9.53 Å². The van der Waals surface area contributed by atoms with E-state index in [1.54, 1.807) is 30.3 Å². The van der Waals surface area contributed by atoms with Gasteiger partial charge in [-0.25, -0.2) is 4.79 Å². The van der Waals surface area contributed by atoms with Crippen LogP contribution in [0.1, 0.15) is 19.4 Å². The van der Waals surface area contributed by atoms with Crippen molar-refractivity contribution in [3.05, 3.63) is 35.9 Å². The molecule has 0 aliphatic rings. The number of ether oxygens (including phenoxy) is 1. The van der Waals surface area contributed by atoms with Crippen LogP contribution in [0.5, 0.6) is 5.75 Å². The lowest BCUT2D eigenvalue weighted by Crippen LogP contribution is -2.06. The summed E-state index contributed by atoms with van der Waals surface area (Å²) in [6, 6.07) is 6.58. The highest BCUT2D eigenvalue weighted by Gasteiger charge is 1.99. The smallest absolute Gasteiger partial charge is 0.330 e. The van der Waals surface area contributed by atoms with Crippen molar-refractivity contribution in [2.75, 3.05) is 6.61 Å². The maximum Gasteiger partial charge on any atom is 0.330 e. The molecule has 16 heavy (non-hydrogen) atoms. The fourth-order valence-corrected chi connectivity index (χ4v) is 1.05. The van der Waals surface area contributed by atoms with E-state index in [0.717, 1.165) is 5.56 Å². The second kappa shape index (κ2) is 5.95. The van der Waals surface area contributed by atoms with Crippen LogP contribution in [0.25, 0.3) is 6.08 Å². The molecule has 0 aliphatic carbocycles. The minimum Gasteiger partial charge on any atom is -0.508 e. The van der Waals surface area contributed by atoms with Crippen molar-refractivity contribution in [2.24, 2.45) is 5.92 Å². The third-order valence-electron chi connectivity index (χ3n) is 1.86. The molecule has 3 heteroatoms. The van der Waals surface area contributed by atoms with Gasteiger partial charge in [-0.2, -0.15) is 0 Å². The number of phenolic OH excluding ortho intramolecular Hbond substituents is 1. The molecule has 0 radical (unpaired) electrons. The molecule has 1 aromatic carbocycles. The molecule has 0 bridgehead atoms. The van der Waals surface area contributed by atoms with E-state index in [4.69, 9.17) is 9.84 Å². The van der Waals surface area contributed by atoms with E-state index < -0.39 is 0 Å². The molecule has 1 rings (SSSR count). The SMILES string of the molecule is CC(C)COC(=O)/C=C/c1ccc(O)cc1. The van der Waals surface area contributed by atoms with Gasteiger partial charge in [0.05, 0.1) is 6.61 Å². The predicted octanol–water partition coefficient (Wildman–Crippen LogP) is 2.60. The Hall–Kier alpha value is -1.77. The molecule has 0 amide bonds. The summed E-state index contributed by atoms with van der Waals surface area (Å²) in [6.07, 6.45) is 3.04. The normalized spacial score (nSPS) is 10.9. The van der Waals surface area contributed by atoms with Crippen molar-refractivity contribution in [1.29, 1.82) is 0 Å². The number of benzene rings is 1. The quantitative estimate of drug-likeness (QED) is 0.626. The van der Waals surface area contributed by atoms with Gasteiger partial charge < -0.3 is 9.84 Å². The zero-order valence-electron chi connectivity index (χ0n) is 9.51. The fourth-order valence-electron chi connectivity index (χ4n) is 1.05. The third kappa shape index (κ3) is 4.64. The first-order valence-corrected chi connectivity index (χ1v) is 5.22. The van der Waals surface area contributed by atoms with Crippen LogP contribution < -0.4 is 0 Å². The van der Waals surface area contributed by atoms with Crippen molar-refractivity contribution >= 4 is 12.0 Å². The number of carbonyl (C=O) groups excluding carboxylic acids is 1. The van der Waals surface area contributed by atoms with Crippen molar-refractivity contribution in [1.82, 2.24) is 0 Å². The molecule has 0 spiro atoms. The van der Waals surface area contributed by atoms with E-state index in [-0.39, 0.29) is 11.7 Å². The minimum atomic E-state index is -0.346. The molecule has 0 atom stereocenters. The highest BCUT2D eigenvalue weighted by Crippen LogP contribution is 2.10. The summed E-state index contributed by atoms with van der Waals surface area (Å²) < 4.78 is 4.97. The Labute approximate surface area is 95.4 Å².